The smallest absolute Gasteiger partial charge is 0.125 e. The van der Waals surface area contributed by atoms with E-state index in [1.165, 1.54) is 5.56 Å². The molecule has 1 atom stereocenters. The average molecular weight is 271 g/mol. The van der Waals surface area contributed by atoms with Crippen molar-refractivity contribution in [1.29, 1.82) is 0 Å². The number of benzene rings is 2. The molecule has 0 saturated heterocycles. The van der Waals surface area contributed by atoms with Gasteiger partial charge in [-0.25, -0.2) is 4.39 Å². The lowest BCUT2D eigenvalue weighted by Crippen LogP contribution is -2.11. The van der Waals surface area contributed by atoms with E-state index in [1.807, 2.05) is 31.2 Å². The van der Waals surface area contributed by atoms with Crippen LogP contribution in [0.25, 0.3) is 0 Å². The van der Waals surface area contributed by atoms with E-state index in [-0.39, 0.29) is 11.9 Å². The highest BCUT2D eigenvalue weighted by Gasteiger charge is 2.11. The van der Waals surface area contributed by atoms with E-state index >= 15 is 0 Å². The lowest BCUT2D eigenvalue weighted by molar-refractivity contribution is 0.620. The van der Waals surface area contributed by atoms with Gasteiger partial charge >= 0.3 is 0 Å². The molecule has 0 bridgehead atoms. The van der Waals surface area contributed by atoms with Gasteiger partial charge in [-0.2, -0.15) is 0 Å². The Kier molecular flexibility index (Phi) is 5.16. The fourth-order valence-corrected chi connectivity index (χ4v) is 2.44. The van der Waals surface area contributed by atoms with E-state index in [0.29, 0.717) is 0 Å². The zero-order chi connectivity index (χ0) is 14.4. The van der Waals surface area contributed by atoms with Crippen molar-refractivity contribution >= 4 is 5.69 Å². The molecule has 0 aliphatic carbocycles. The summed E-state index contributed by atoms with van der Waals surface area (Å²) in [6.45, 7) is 4.10. The normalized spacial score (nSPS) is 12.2. The third-order valence-corrected chi connectivity index (χ3v) is 3.43. The van der Waals surface area contributed by atoms with E-state index in [9.17, 15) is 4.39 Å². The summed E-state index contributed by atoms with van der Waals surface area (Å²) in [6, 6.07) is 15.7. The second kappa shape index (κ2) is 7.09. The van der Waals surface area contributed by atoms with Crippen LogP contribution < -0.4 is 5.32 Å². The molecule has 1 nitrogen and oxygen atoms in total. The number of halogens is 1. The van der Waals surface area contributed by atoms with Gasteiger partial charge in [-0.3, -0.25) is 0 Å². The van der Waals surface area contributed by atoms with Gasteiger partial charge in [0.25, 0.3) is 0 Å². The Balaban J connectivity index is 2.19. The number of rotatable bonds is 6. The predicted molar refractivity (Wildman–Crippen MR) is 83.5 cm³/mol. The number of nitrogens with one attached hydrogen (secondary N) is 1. The largest absolute Gasteiger partial charge is 0.378 e. The van der Waals surface area contributed by atoms with Crippen molar-refractivity contribution in [2.24, 2.45) is 0 Å². The number of unbranched alkanes of at least 4 members (excludes halogenated alkanes) is 1. The quantitative estimate of drug-likeness (QED) is 0.733. The molecule has 0 spiro atoms. The van der Waals surface area contributed by atoms with E-state index in [1.54, 1.807) is 12.1 Å². The Morgan fingerprint density at radius 3 is 2.50 bits per heavy atom. The molecule has 1 unspecified atom stereocenters. The maximum Gasteiger partial charge on any atom is 0.125 e. The van der Waals surface area contributed by atoms with Crippen LogP contribution in [0, 0.1) is 12.7 Å². The fourth-order valence-electron chi connectivity index (χ4n) is 2.44. The van der Waals surface area contributed by atoms with Crippen LogP contribution in [0.3, 0.4) is 0 Å². The molecule has 0 aliphatic heterocycles. The Morgan fingerprint density at radius 1 is 1.10 bits per heavy atom. The molecule has 0 aliphatic rings. The molecule has 2 aromatic rings. The molecule has 2 rings (SSSR count). The van der Waals surface area contributed by atoms with Gasteiger partial charge in [0.1, 0.15) is 5.82 Å². The first kappa shape index (κ1) is 14.6. The zero-order valence-electron chi connectivity index (χ0n) is 12.2. The van der Waals surface area contributed by atoms with Crippen molar-refractivity contribution in [3.63, 3.8) is 0 Å². The molecule has 0 heterocycles. The van der Waals surface area contributed by atoms with Crippen molar-refractivity contribution < 1.29 is 4.39 Å². The summed E-state index contributed by atoms with van der Waals surface area (Å²) in [4.78, 5) is 0. The molecule has 0 saturated carbocycles. The minimum absolute atomic E-state index is 0.185. The summed E-state index contributed by atoms with van der Waals surface area (Å²) in [6.07, 6.45) is 3.37. The van der Waals surface area contributed by atoms with Crippen molar-refractivity contribution in [3.05, 3.63) is 65.5 Å². The summed E-state index contributed by atoms with van der Waals surface area (Å²) < 4.78 is 13.5. The summed E-state index contributed by atoms with van der Waals surface area (Å²) in [5.41, 5.74) is 3.05. The van der Waals surface area contributed by atoms with E-state index < -0.39 is 0 Å². The third kappa shape index (κ3) is 4.09. The van der Waals surface area contributed by atoms with Crippen LogP contribution >= 0.6 is 0 Å². The molecular formula is C18H22FN. The maximum absolute atomic E-state index is 13.5. The third-order valence-electron chi connectivity index (χ3n) is 3.43. The molecule has 2 heteroatoms. The first-order valence-electron chi connectivity index (χ1n) is 7.27. The van der Waals surface area contributed by atoms with Gasteiger partial charge in [-0.05, 0) is 42.7 Å². The van der Waals surface area contributed by atoms with Crippen molar-refractivity contribution in [2.45, 2.75) is 39.2 Å². The number of aryl methyl sites for hydroxylation is 1. The van der Waals surface area contributed by atoms with Crippen LogP contribution in [-0.4, -0.2) is 0 Å². The Labute approximate surface area is 120 Å². The van der Waals surface area contributed by atoms with Crippen LogP contribution in [-0.2, 0) is 0 Å². The van der Waals surface area contributed by atoms with Crippen molar-refractivity contribution in [2.75, 3.05) is 5.32 Å². The fraction of sp³-hybridized carbons (Fsp3) is 0.333. The van der Waals surface area contributed by atoms with E-state index in [2.05, 4.69) is 24.4 Å². The van der Waals surface area contributed by atoms with Gasteiger partial charge in [0.15, 0.2) is 0 Å². The zero-order valence-corrected chi connectivity index (χ0v) is 12.2. The molecule has 0 aromatic heterocycles. The van der Waals surface area contributed by atoms with Crippen LogP contribution in [0.1, 0.15) is 43.4 Å². The molecule has 2 aromatic carbocycles. The Hall–Kier alpha value is -1.83. The number of hydrogen-bond donors (Lipinski definition) is 1. The lowest BCUT2D eigenvalue weighted by Gasteiger charge is -2.20. The van der Waals surface area contributed by atoms with Crippen molar-refractivity contribution in [1.82, 2.24) is 0 Å². The molecule has 1 N–H and O–H groups in total. The van der Waals surface area contributed by atoms with Gasteiger partial charge in [0, 0.05) is 5.69 Å². The standard InChI is InChI=1S/C18H22FN/c1-3-4-10-18(15-8-6-5-7-9-15)20-17-12-14(2)11-16(19)13-17/h5-9,11-13,18,20H,3-4,10H2,1-2H3. The Bertz CT molecular complexity index is 516. The molecular weight excluding hydrogens is 249 g/mol. The summed E-state index contributed by atoms with van der Waals surface area (Å²) in [5.74, 6) is -0.185. The van der Waals surface area contributed by atoms with E-state index in [4.69, 9.17) is 0 Å². The first-order valence-corrected chi connectivity index (χ1v) is 7.27. The van der Waals surface area contributed by atoms with Crippen LogP contribution in [0.15, 0.2) is 48.5 Å². The summed E-state index contributed by atoms with van der Waals surface area (Å²) in [7, 11) is 0. The van der Waals surface area contributed by atoms with Crippen LogP contribution in [0.5, 0.6) is 0 Å². The minimum Gasteiger partial charge on any atom is -0.378 e. The van der Waals surface area contributed by atoms with Gasteiger partial charge < -0.3 is 5.32 Å². The molecule has 106 valence electrons. The number of hydrogen-bond acceptors (Lipinski definition) is 1. The molecule has 0 fully saturated rings. The minimum atomic E-state index is -0.185. The highest BCUT2D eigenvalue weighted by Crippen LogP contribution is 2.25. The summed E-state index contributed by atoms with van der Waals surface area (Å²) in [5, 5.41) is 3.47. The van der Waals surface area contributed by atoms with Crippen molar-refractivity contribution in [3.8, 4) is 0 Å². The van der Waals surface area contributed by atoms with E-state index in [0.717, 1.165) is 30.5 Å². The molecule has 0 radical (unpaired) electrons. The highest BCUT2D eigenvalue weighted by molar-refractivity contribution is 5.48. The van der Waals surface area contributed by atoms with Crippen LogP contribution in [0.2, 0.25) is 0 Å². The maximum atomic E-state index is 13.5. The monoisotopic (exact) mass is 271 g/mol. The predicted octanol–water partition coefficient (Wildman–Crippen LogP) is 5.48. The number of anilines is 1. The first-order chi connectivity index (χ1) is 9.69. The average Bonchev–Trinajstić information content (AvgIpc) is 2.43. The molecule has 0 amide bonds. The Morgan fingerprint density at radius 2 is 1.85 bits per heavy atom. The van der Waals surface area contributed by atoms with Gasteiger partial charge in [-0.15, -0.1) is 0 Å². The lowest BCUT2D eigenvalue weighted by atomic mass is 10.0. The summed E-state index contributed by atoms with van der Waals surface area (Å²) >= 11 is 0. The second-order valence-corrected chi connectivity index (χ2v) is 5.27. The van der Waals surface area contributed by atoms with Crippen LogP contribution in [0.4, 0.5) is 10.1 Å². The van der Waals surface area contributed by atoms with Gasteiger partial charge in [0.2, 0.25) is 0 Å². The van der Waals surface area contributed by atoms with Gasteiger partial charge in [0.05, 0.1) is 6.04 Å². The second-order valence-electron chi connectivity index (χ2n) is 5.27. The SMILES string of the molecule is CCCCC(Nc1cc(C)cc(F)c1)c1ccccc1. The topological polar surface area (TPSA) is 12.0 Å². The highest BCUT2D eigenvalue weighted by atomic mass is 19.1. The molecule has 20 heavy (non-hydrogen) atoms. The van der Waals surface area contributed by atoms with Gasteiger partial charge in [-0.1, -0.05) is 50.1 Å².